The van der Waals surface area contributed by atoms with Crippen molar-refractivity contribution < 1.29 is 18.0 Å². The maximum absolute atomic E-state index is 12.9. The number of hydrogen-bond donors (Lipinski definition) is 1. The Morgan fingerprint density at radius 3 is 2.85 bits per heavy atom. The number of carbonyl (C=O) groups is 1. The van der Waals surface area contributed by atoms with Crippen LogP contribution < -0.4 is 5.32 Å². The monoisotopic (exact) mass is 366 g/mol. The molecule has 1 aromatic carbocycles. The highest BCUT2D eigenvalue weighted by molar-refractivity contribution is 5.95. The topological polar surface area (TPSA) is 50.2 Å². The number of rotatable bonds is 4. The van der Waals surface area contributed by atoms with Crippen molar-refractivity contribution in [3.8, 4) is 5.69 Å². The molecule has 2 heterocycles. The third-order valence-electron chi connectivity index (χ3n) is 4.74. The molecule has 1 atom stereocenters. The lowest BCUT2D eigenvalue weighted by Crippen LogP contribution is -2.41. The molecular weight excluding hydrogens is 345 g/mol. The summed E-state index contributed by atoms with van der Waals surface area (Å²) in [5.41, 5.74) is 0.492. The van der Waals surface area contributed by atoms with Gasteiger partial charge in [0.1, 0.15) is 0 Å². The summed E-state index contributed by atoms with van der Waals surface area (Å²) < 4.78 is 40.2. The summed E-state index contributed by atoms with van der Waals surface area (Å²) in [6.07, 6.45) is -1.11. The van der Waals surface area contributed by atoms with E-state index in [1.54, 1.807) is 13.0 Å². The Morgan fingerprint density at radius 1 is 1.38 bits per heavy atom. The molecule has 1 aliphatic heterocycles. The van der Waals surface area contributed by atoms with Crippen molar-refractivity contribution in [1.29, 1.82) is 0 Å². The van der Waals surface area contributed by atoms with E-state index in [1.165, 1.54) is 16.9 Å². The minimum atomic E-state index is -4.42. The van der Waals surface area contributed by atoms with Crippen LogP contribution in [0.4, 0.5) is 13.2 Å². The van der Waals surface area contributed by atoms with Gasteiger partial charge in [-0.1, -0.05) is 6.07 Å². The summed E-state index contributed by atoms with van der Waals surface area (Å²) in [5.74, 6) is -0.126. The average Bonchev–Trinajstić information content (AvgIpc) is 3.21. The van der Waals surface area contributed by atoms with Crippen LogP contribution in [0, 0.1) is 6.92 Å². The van der Waals surface area contributed by atoms with E-state index in [9.17, 15) is 18.0 Å². The smallest absolute Gasteiger partial charge is 0.334 e. The van der Waals surface area contributed by atoms with E-state index >= 15 is 0 Å². The Morgan fingerprint density at radius 2 is 2.15 bits per heavy atom. The highest BCUT2D eigenvalue weighted by Crippen LogP contribution is 2.31. The molecule has 0 aliphatic carbocycles. The van der Waals surface area contributed by atoms with Crippen molar-refractivity contribution in [2.45, 2.75) is 32.0 Å². The van der Waals surface area contributed by atoms with Gasteiger partial charge in [0.2, 0.25) is 0 Å². The number of alkyl halides is 3. The summed E-state index contributed by atoms with van der Waals surface area (Å²) in [6.45, 7) is 3.09. The van der Waals surface area contributed by atoms with Gasteiger partial charge in [0.05, 0.1) is 28.7 Å². The SMILES string of the molecule is CNCC1CCCN1C(=O)c1cnn(-c2cccc(C(F)(F)F)c2)c1C. The maximum Gasteiger partial charge on any atom is 0.416 e. The van der Waals surface area contributed by atoms with Gasteiger partial charge in [0.15, 0.2) is 0 Å². The van der Waals surface area contributed by atoms with Gasteiger partial charge in [-0.05, 0) is 45.0 Å². The predicted molar refractivity (Wildman–Crippen MR) is 91.3 cm³/mol. The zero-order valence-electron chi connectivity index (χ0n) is 14.7. The van der Waals surface area contributed by atoms with Gasteiger partial charge >= 0.3 is 6.18 Å². The van der Waals surface area contributed by atoms with Crippen LogP contribution in [0.2, 0.25) is 0 Å². The molecule has 1 N–H and O–H groups in total. The molecule has 8 heteroatoms. The molecule has 1 aromatic heterocycles. The number of likely N-dealkylation sites (N-methyl/N-ethyl adjacent to an activating group) is 1. The van der Waals surface area contributed by atoms with Gasteiger partial charge in [-0.25, -0.2) is 4.68 Å². The third kappa shape index (κ3) is 3.46. The van der Waals surface area contributed by atoms with Crippen LogP contribution in [0.5, 0.6) is 0 Å². The normalized spacial score (nSPS) is 17.7. The average molecular weight is 366 g/mol. The van der Waals surface area contributed by atoms with Gasteiger partial charge in [-0.2, -0.15) is 18.3 Å². The van der Waals surface area contributed by atoms with Gasteiger partial charge in [-0.3, -0.25) is 4.79 Å². The first kappa shape index (κ1) is 18.4. The summed E-state index contributed by atoms with van der Waals surface area (Å²) in [7, 11) is 1.85. The molecule has 1 aliphatic rings. The molecular formula is C18H21F3N4O. The van der Waals surface area contributed by atoms with Gasteiger partial charge in [0, 0.05) is 19.1 Å². The molecule has 1 saturated heterocycles. The van der Waals surface area contributed by atoms with E-state index in [4.69, 9.17) is 0 Å². The molecule has 5 nitrogen and oxygen atoms in total. The second kappa shape index (κ2) is 7.11. The van der Waals surface area contributed by atoms with Crippen molar-refractivity contribution >= 4 is 5.91 Å². The molecule has 1 unspecified atom stereocenters. The lowest BCUT2D eigenvalue weighted by atomic mass is 10.1. The predicted octanol–water partition coefficient (Wildman–Crippen LogP) is 3.02. The largest absolute Gasteiger partial charge is 0.416 e. The Bertz CT molecular complexity index is 800. The molecule has 0 saturated carbocycles. The zero-order valence-corrected chi connectivity index (χ0v) is 14.7. The second-order valence-corrected chi connectivity index (χ2v) is 6.46. The van der Waals surface area contributed by atoms with Crippen LogP contribution in [-0.2, 0) is 6.18 Å². The third-order valence-corrected chi connectivity index (χ3v) is 4.74. The number of likely N-dealkylation sites (tertiary alicyclic amines) is 1. The van der Waals surface area contributed by atoms with Crippen LogP contribution in [0.1, 0.15) is 34.5 Å². The van der Waals surface area contributed by atoms with Crippen LogP contribution in [-0.4, -0.2) is 46.8 Å². The molecule has 3 rings (SSSR count). The first-order valence-corrected chi connectivity index (χ1v) is 8.50. The van der Waals surface area contributed by atoms with Crippen molar-refractivity contribution in [3.63, 3.8) is 0 Å². The number of aromatic nitrogens is 2. The molecule has 2 aromatic rings. The quantitative estimate of drug-likeness (QED) is 0.905. The summed E-state index contributed by atoms with van der Waals surface area (Å²) in [4.78, 5) is 14.7. The molecule has 140 valence electrons. The molecule has 0 radical (unpaired) electrons. The van der Waals surface area contributed by atoms with E-state index < -0.39 is 11.7 Å². The summed E-state index contributed by atoms with van der Waals surface area (Å²) >= 11 is 0. The molecule has 1 fully saturated rings. The first-order valence-electron chi connectivity index (χ1n) is 8.50. The number of benzene rings is 1. The van der Waals surface area contributed by atoms with E-state index in [0.717, 1.165) is 25.0 Å². The van der Waals surface area contributed by atoms with Gasteiger partial charge in [0.25, 0.3) is 5.91 Å². The Balaban J connectivity index is 1.90. The fourth-order valence-corrected chi connectivity index (χ4v) is 3.40. The van der Waals surface area contributed by atoms with Gasteiger partial charge in [-0.15, -0.1) is 0 Å². The number of amides is 1. The number of nitrogens with one attached hydrogen (secondary N) is 1. The van der Waals surface area contributed by atoms with Crippen LogP contribution in [0.3, 0.4) is 0 Å². The molecule has 0 spiro atoms. The van der Waals surface area contributed by atoms with E-state index in [1.807, 2.05) is 11.9 Å². The number of nitrogens with zero attached hydrogens (tertiary/aromatic N) is 3. The highest BCUT2D eigenvalue weighted by Gasteiger charge is 2.32. The minimum Gasteiger partial charge on any atom is -0.334 e. The van der Waals surface area contributed by atoms with Crippen molar-refractivity contribution in [2.24, 2.45) is 0 Å². The number of hydrogen-bond acceptors (Lipinski definition) is 3. The van der Waals surface area contributed by atoms with E-state index in [0.29, 0.717) is 24.3 Å². The number of halogens is 3. The van der Waals surface area contributed by atoms with Crippen LogP contribution in [0.25, 0.3) is 5.69 Å². The minimum absolute atomic E-state index is 0.126. The lowest BCUT2D eigenvalue weighted by molar-refractivity contribution is -0.137. The lowest BCUT2D eigenvalue weighted by Gasteiger charge is -2.24. The molecule has 0 bridgehead atoms. The first-order chi connectivity index (χ1) is 12.3. The number of carbonyl (C=O) groups excluding carboxylic acids is 1. The van der Waals surface area contributed by atoms with Crippen LogP contribution >= 0.6 is 0 Å². The molecule has 26 heavy (non-hydrogen) atoms. The maximum atomic E-state index is 12.9. The zero-order chi connectivity index (χ0) is 18.9. The van der Waals surface area contributed by atoms with Crippen molar-refractivity contribution in [3.05, 3.63) is 47.3 Å². The van der Waals surface area contributed by atoms with Crippen molar-refractivity contribution in [1.82, 2.24) is 20.0 Å². The van der Waals surface area contributed by atoms with Crippen molar-refractivity contribution in [2.75, 3.05) is 20.1 Å². The summed E-state index contributed by atoms with van der Waals surface area (Å²) in [6, 6.07) is 5.06. The van der Waals surface area contributed by atoms with E-state index in [-0.39, 0.29) is 17.6 Å². The Labute approximate surface area is 149 Å². The second-order valence-electron chi connectivity index (χ2n) is 6.46. The Kier molecular flexibility index (Phi) is 5.04. The van der Waals surface area contributed by atoms with E-state index in [2.05, 4.69) is 10.4 Å². The molecule has 1 amide bonds. The highest BCUT2D eigenvalue weighted by atomic mass is 19.4. The Hall–Kier alpha value is -2.35. The fourth-order valence-electron chi connectivity index (χ4n) is 3.40. The summed E-state index contributed by atoms with van der Waals surface area (Å²) in [5, 5.41) is 7.25. The van der Waals surface area contributed by atoms with Gasteiger partial charge < -0.3 is 10.2 Å². The van der Waals surface area contributed by atoms with Crippen LogP contribution in [0.15, 0.2) is 30.5 Å². The standard InChI is InChI=1S/C18H21F3N4O/c1-12-16(17(26)24-8-4-7-15(24)10-22-2)11-23-25(12)14-6-3-5-13(9-14)18(19,20)21/h3,5-6,9,11,15,22H,4,7-8,10H2,1-2H3. The fraction of sp³-hybridized carbons (Fsp3) is 0.444.